The lowest BCUT2D eigenvalue weighted by molar-refractivity contribution is -0.146. The van der Waals surface area contributed by atoms with Crippen LogP contribution in [0.2, 0.25) is 0 Å². The molecule has 0 aliphatic carbocycles. The van der Waals surface area contributed by atoms with Crippen molar-refractivity contribution < 1.29 is 24.2 Å². The summed E-state index contributed by atoms with van der Waals surface area (Å²) in [5.41, 5.74) is 0. The summed E-state index contributed by atoms with van der Waals surface area (Å²) >= 11 is 0. The summed E-state index contributed by atoms with van der Waals surface area (Å²) in [5.74, 6) is -2.57. The molecule has 0 aromatic rings. The van der Waals surface area contributed by atoms with Gasteiger partial charge in [-0.05, 0) is 13.0 Å². The Balaban J connectivity index is 1.43. The highest BCUT2D eigenvalue weighted by atomic mass is 16.5. The topological polar surface area (TPSA) is 88.1 Å². The van der Waals surface area contributed by atoms with E-state index < -0.39 is 30.0 Å². The largest absolute Gasteiger partial charge is 0.481 e. The Bertz CT molecular complexity index is 461. The Morgan fingerprint density at radius 2 is 1.86 bits per heavy atom. The van der Waals surface area contributed by atoms with Gasteiger partial charge in [-0.3, -0.25) is 14.5 Å². The fourth-order valence-corrected chi connectivity index (χ4v) is 3.37. The smallest absolute Gasteiger partial charge is 0.310 e. The van der Waals surface area contributed by atoms with E-state index in [1.807, 2.05) is 0 Å². The van der Waals surface area contributed by atoms with E-state index in [4.69, 9.17) is 9.47 Å². The minimum Gasteiger partial charge on any atom is -0.481 e. The molecule has 3 rings (SSSR count). The number of carbonyl (C=O) groups excluding carboxylic acids is 1. The molecular formula is C15H22N2O5. The molecule has 3 aliphatic rings. The zero-order valence-electron chi connectivity index (χ0n) is 12.4. The van der Waals surface area contributed by atoms with Gasteiger partial charge in [0.1, 0.15) is 5.92 Å². The van der Waals surface area contributed by atoms with Crippen molar-refractivity contribution in [3.63, 3.8) is 0 Å². The number of carbonyl (C=O) groups is 2. The number of nitrogens with zero attached hydrogens (tertiary/aromatic N) is 1. The van der Waals surface area contributed by atoms with Gasteiger partial charge < -0.3 is 19.9 Å². The molecule has 3 heterocycles. The molecular weight excluding hydrogens is 288 g/mol. The number of ether oxygens (including phenoxy) is 2. The summed E-state index contributed by atoms with van der Waals surface area (Å²) in [6.45, 7) is 4.86. The highest BCUT2D eigenvalue weighted by Gasteiger charge is 2.53. The van der Waals surface area contributed by atoms with E-state index >= 15 is 0 Å². The lowest BCUT2D eigenvalue weighted by Gasteiger charge is -2.26. The fourth-order valence-electron chi connectivity index (χ4n) is 3.37. The molecule has 7 heteroatoms. The molecule has 0 radical (unpaired) electrons. The minimum absolute atomic E-state index is 0.216. The molecule has 122 valence electrons. The van der Waals surface area contributed by atoms with Crippen LogP contribution < -0.4 is 5.32 Å². The highest BCUT2D eigenvalue weighted by Crippen LogP contribution is 2.39. The minimum atomic E-state index is -0.967. The molecule has 4 atom stereocenters. The van der Waals surface area contributed by atoms with Gasteiger partial charge in [0.05, 0.1) is 31.3 Å². The zero-order chi connectivity index (χ0) is 15.5. The van der Waals surface area contributed by atoms with Crippen molar-refractivity contribution >= 4 is 11.9 Å². The number of morpholine rings is 1. The lowest BCUT2D eigenvalue weighted by Crippen LogP contribution is -2.43. The maximum absolute atomic E-state index is 12.3. The predicted molar refractivity (Wildman–Crippen MR) is 77.3 cm³/mol. The first-order chi connectivity index (χ1) is 10.7. The number of nitrogens with one attached hydrogen (secondary N) is 1. The molecule has 1 amide bonds. The molecule has 0 aromatic heterocycles. The number of hydrogen-bond donors (Lipinski definition) is 2. The summed E-state index contributed by atoms with van der Waals surface area (Å²) in [6.07, 6.45) is 3.52. The first-order valence-corrected chi connectivity index (χ1v) is 7.81. The lowest BCUT2D eigenvalue weighted by atomic mass is 9.82. The number of fused-ring (bicyclic) bond motifs is 2. The quantitative estimate of drug-likeness (QED) is 0.507. The number of rotatable bonds is 6. The van der Waals surface area contributed by atoms with Gasteiger partial charge in [-0.25, -0.2) is 0 Å². The summed E-state index contributed by atoms with van der Waals surface area (Å²) in [5, 5.41) is 12.1. The van der Waals surface area contributed by atoms with Crippen LogP contribution in [-0.2, 0) is 19.1 Å². The monoisotopic (exact) mass is 310 g/mol. The van der Waals surface area contributed by atoms with Crippen LogP contribution in [0.4, 0.5) is 0 Å². The Morgan fingerprint density at radius 3 is 2.55 bits per heavy atom. The van der Waals surface area contributed by atoms with Gasteiger partial charge in [-0.2, -0.15) is 0 Å². The Kier molecular flexibility index (Phi) is 4.75. The fraction of sp³-hybridized carbons (Fsp3) is 0.733. The van der Waals surface area contributed by atoms with E-state index in [1.165, 1.54) is 0 Å². The average Bonchev–Trinajstić information content (AvgIpc) is 3.13. The van der Waals surface area contributed by atoms with Crippen molar-refractivity contribution in [2.24, 2.45) is 11.8 Å². The van der Waals surface area contributed by atoms with Gasteiger partial charge in [-0.15, -0.1) is 0 Å². The number of carboxylic acids is 1. The van der Waals surface area contributed by atoms with Crippen LogP contribution in [0, 0.1) is 11.8 Å². The van der Waals surface area contributed by atoms with E-state index in [0.717, 1.165) is 39.3 Å². The molecule has 0 spiro atoms. The second-order valence-corrected chi connectivity index (χ2v) is 5.94. The molecule has 2 N–H and O–H groups in total. The van der Waals surface area contributed by atoms with Gasteiger partial charge in [-0.1, -0.05) is 12.2 Å². The third-order valence-corrected chi connectivity index (χ3v) is 4.54. The van der Waals surface area contributed by atoms with Crippen molar-refractivity contribution in [3.05, 3.63) is 12.2 Å². The van der Waals surface area contributed by atoms with Crippen LogP contribution in [0.3, 0.4) is 0 Å². The predicted octanol–water partition coefficient (Wildman–Crippen LogP) is -0.521. The van der Waals surface area contributed by atoms with Crippen LogP contribution in [0.15, 0.2) is 12.2 Å². The second-order valence-electron chi connectivity index (χ2n) is 5.94. The van der Waals surface area contributed by atoms with Crippen molar-refractivity contribution in [2.75, 3.05) is 39.4 Å². The van der Waals surface area contributed by atoms with Crippen molar-refractivity contribution in [1.82, 2.24) is 10.2 Å². The van der Waals surface area contributed by atoms with E-state index in [2.05, 4.69) is 10.2 Å². The second kappa shape index (κ2) is 6.76. The SMILES string of the molecule is O=C(O)[C@@H]1[C@H](C(=O)NCCCN2CCOCC2)[C@H]2C=C[C@@H]1O2. The highest BCUT2D eigenvalue weighted by molar-refractivity contribution is 5.87. The molecule has 2 bridgehead atoms. The van der Waals surface area contributed by atoms with Crippen LogP contribution in [0.25, 0.3) is 0 Å². The normalized spacial score (nSPS) is 34.0. The number of hydrogen-bond acceptors (Lipinski definition) is 5. The molecule has 7 nitrogen and oxygen atoms in total. The van der Waals surface area contributed by atoms with Crippen LogP contribution in [-0.4, -0.2) is 73.5 Å². The molecule has 0 unspecified atom stereocenters. The summed E-state index contributed by atoms with van der Waals surface area (Å²) in [4.78, 5) is 25.9. The average molecular weight is 310 g/mol. The summed E-state index contributed by atoms with van der Waals surface area (Å²) in [6, 6.07) is 0. The van der Waals surface area contributed by atoms with E-state index in [0.29, 0.717) is 6.54 Å². The van der Waals surface area contributed by atoms with Crippen molar-refractivity contribution in [2.45, 2.75) is 18.6 Å². The maximum Gasteiger partial charge on any atom is 0.310 e. The van der Waals surface area contributed by atoms with Gasteiger partial charge in [0, 0.05) is 19.6 Å². The van der Waals surface area contributed by atoms with Crippen LogP contribution in [0.1, 0.15) is 6.42 Å². The van der Waals surface area contributed by atoms with E-state index in [-0.39, 0.29) is 5.91 Å². The number of amides is 1. The maximum atomic E-state index is 12.3. The standard InChI is InChI=1S/C15H22N2O5/c18-14(16-4-1-5-17-6-8-21-9-7-17)12-10-2-3-11(22-10)13(12)15(19)20/h2-3,10-13H,1,4-9H2,(H,16,18)(H,19,20)/t10-,11+,12-,13+/m1/s1. The Labute approximate surface area is 129 Å². The van der Waals surface area contributed by atoms with Crippen LogP contribution in [0.5, 0.6) is 0 Å². The van der Waals surface area contributed by atoms with Gasteiger partial charge in [0.2, 0.25) is 5.91 Å². The number of aliphatic carboxylic acids is 1. The van der Waals surface area contributed by atoms with Gasteiger partial charge in [0.25, 0.3) is 0 Å². The Morgan fingerprint density at radius 1 is 1.18 bits per heavy atom. The van der Waals surface area contributed by atoms with Crippen molar-refractivity contribution in [3.8, 4) is 0 Å². The van der Waals surface area contributed by atoms with Gasteiger partial charge in [0.15, 0.2) is 0 Å². The molecule has 2 saturated heterocycles. The molecule has 22 heavy (non-hydrogen) atoms. The zero-order valence-corrected chi connectivity index (χ0v) is 12.4. The van der Waals surface area contributed by atoms with E-state index in [9.17, 15) is 14.7 Å². The molecule has 2 fully saturated rings. The van der Waals surface area contributed by atoms with Crippen LogP contribution >= 0.6 is 0 Å². The number of carboxylic acid groups (broad SMARTS) is 1. The molecule has 0 aromatic carbocycles. The summed E-state index contributed by atoms with van der Waals surface area (Å²) in [7, 11) is 0. The first kappa shape index (κ1) is 15.5. The van der Waals surface area contributed by atoms with Crippen molar-refractivity contribution in [1.29, 1.82) is 0 Å². The molecule has 0 saturated carbocycles. The first-order valence-electron chi connectivity index (χ1n) is 7.81. The third kappa shape index (κ3) is 3.16. The summed E-state index contributed by atoms with van der Waals surface area (Å²) < 4.78 is 10.8. The Hall–Kier alpha value is -1.44. The third-order valence-electron chi connectivity index (χ3n) is 4.54. The van der Waals surface area contributed by atoms with E-state index in [1.54, 1.807) is 12.2 Å². The molecule has 3 aliphatic heterocycles. The van der Waals surface area contributed by atoms with Gasteiger partial charge >= 0.3 is 5.97 Å².